The fourth-order valence-corrected chi connectivity index (χ4v) is 4.87. The number of benzene rings is 1. The molecule has 0 heterocycles. The topological polar surface area (TPSA) is 166 Å². The van der Waals surface area contributed by atoms with E-state index in [-0.39, 0.29) is 18.5 Å². The Morgan fingerprint density at radius 2 is 0.724 bits per heavy atom. The van der Waals surface area contributed by atoms with Crippen molar-refractivity contribution in [2.75, 3.05) is 164 Å². The molecule has 0 saturated carbocycles. The van der Waals surface area contributed by atoms with Gasteiger partial charge < -0.3 is 66.9 Å². The average Bonchev–Trinajstić information content (AvgIpc) is 3.22. The number of esters is 1. The highest BCUT2D eigenvalue weighted by Crippen LogP contribution is 2.15. The predicted molar refractivity (Wildman–Crippen MR) is 219 cm³/mol. The summed E-state index contributed by atoms with van der Waals surface area (Å²) in [6, 6.07) is 7.17. The Morgan fingerprint density at radius 3 is 1.07 bits per heavy atom. The van der Waals surface area contributed by atoms with Gasteiger partial charge in [0.1, 0.15) is 19.0 Å². The Kier molecular flexibility index (Phi) is 40.7. The van der Waals surface area contributed by atoms with Gasteiger partial charge in [0.25, 0.3) is 0 Å². The van der Waals surface area contributed by atoms with Gasteiger partial charge in [0.2, 0.25) is 5.91 Å². The lowest BCUT2D eigenvalue weighted by Gasteiger charge is -2.09. The first-order valence-electron chi connectivity index (χ1n) is 21.1. The maximum Gasteiger partial charge on any atom is 0.305 e. The van der Waals surface area contributed by atoms with E-state index in [0.29, 0.717) is 164 Å². The normalized spacial score (nSPS) is 11.3. The maximum absolute atomic E-state index is 11.7. The molecular formula is C42H75NO15. The smallest absolute Gasteiger partial charge is 0.305 e. The average molecular weight is 834 g/mol. The van der Waals surface area contributed by atoms with Crippen LogP contribution >= 0.6 is 0 Å². The Morgan fingerprint density at radius 1 is 0.414 bits per heavy atom. The highest BCUT2D eigenvalue weighted by molar-refractivity contribution is 5.88. The van der Waals surface area contributed by atoms with Crippen LogP contribution < -0.4 is 10.1 Å². The second-order valence-electron chi connectivity index (χ2n) is 12.9. The third-order valence-electron chi connectivity index (χ3n) is 7.87. The molecule has 1 rings (SSSR count). The van der Waals surface area contributed by atoms with Crippen LogP contribution in [-0.2, 0) is 66.4 Å². The number of nitrogens with one attached hydrogen (secondary N) is 1. The van der Waals surface area contributed by atoms with E-state index in [1.807, 2.05) is 0 Å². The van der Waals surface area contributed by atoms with Crippen LogP contribution in [0.2, 0.25) is 0 Å². The molecule has 1 aromatic rings. The Labute approximate surface area is 347 Å². The van der Waals surface area contributed by atoms with Gasteiger partial charge in [-0.3, -0.25) is 9.59 Å². The minimum atomic E-state index is -0.145. The Hall–Kier alpha value is -2.48. The van der Waals surface area contributed by atoms with Crippen LogP contribution in [0.25, 0.3) is 0 Å². The number of rotatable bonds is 46. The molecule has 58 heavy (non-hydrogen) atoms. The largest absolute Gasteiger partial charge is 0.491 e. The predicted octanol–water partition coefficient (Wildman–Crippen LogP) is 4.89. The van der Waals surface area contributed by atoms with Crippen molar-refractivity contribution in [2.24, 2.45) is 0 Å². The molecule has 16 nitrogen and oxygen atoms in total. The number of unbranched alkanes of at least 4 members (excludes halogenated alkanes) is 6. The number of ether oxygens (including phenoxy) is 13. The van der Waals surface area contributed by atoms with Crippen molar-refractivity contribution >= 4 is 17.6 Å². The Balaban J connectivity index is 1.65. The van der Waals surface area contributed by atoms with E-state index < -0.39 is 0 Å². The number of hydrogen-bond acceptors (Lipinski definition) is 15. The lowest BCUT2D eigenvalue weighted by Crippen LogP contribution is -2.16. The lowest BCUT2D eigenvalue weighted by atomic mass is 10.1. The van der Waals surface area contributed by atoms with Gasteiger partial charge in [-0.15, -0.1) is 0 Å². The summed E-state index contributed by atoms with van der Waals surface area (Å²) in [4.78, 5) is 22.8. The van der Waals surface area contributed by atoms with Crippen LogP contribution in [0.15, 0.2) is 24.3 Å². The van der Waals surface area contributed by atoms with Gasteiger partial charge in [-0.2, -0.15) is 0 Å². The molecule has 0 aliphatic carbocycles. The van der Waals surface area contributed by atoms with E-state index >= 15 is 0 Å². The Bertz CT molecular complexity index is 1020. The first-order chi connectivity index (χ1) is 28.6. The van der Waals surface area contributed by atoms with E-state index in [0.717, 1.165) is 18.5 Å². The summed E-state index contributed by atoms with van der Waals surface area (Å²) in [6.07, 6.45) is 8.76. The second-order valence-corrected chi connectivity index (χ2v) is 12.9. The monoisotopic (exact) mass is 834 g/mol. The first-order valence-corrected chi connectivity index (χ1v) is 21.1. The van der Waals surface area contributed by atoms with Crippen molar-refractivity contribution in [3.63, 3.8) is 0 Å². The fraction of sp³-hybridized carbons (Fsp3) is 0.810. The second kappa shape index (κ2) is 44.1. The SMILES string of the molecule is CCCCCCCCCC(=O)OCCOCCOCCOCCOCCOCCOCCOCCOCCOCCOCCOCCOc1ccc(NC(C)=O)cc1. The zero-order valence-electron chi connectivity index (χ0n) is 35.6. The van der Waals surface area contributed by atoms with E-state index in [1.165, 1.54) is 39.0 Å². The van der Waals surface area contributed by atoms with E-state index in [1.54, 1.807) is 24.3 Å². The number of amides is 1. The molecule has 0 unspecified atom stereocenters. The minimum absolute atomic E-state index is 0.111. The molecule has 0 spiro atoms. The van der Waals surface area contributed by atoms with Crippen LogP contribution in [0.5, 0.6) is 5.75 Å². The van der Waals surface area contributed by atoms with Gasteiger partial charge in [0, 0.05) is 19.0 Å². The summed E-state index contributed by atoms with van der Waals surface area (Å²) < 4.78 is 71.2. The number of carbonyl (C=O) groups is 2. The standard InChI is InChI=1S/C42H75NO15/c1-3-4-5-6-7-8-9-10-42(45)58-38-36-56-34-32-54-30-28-52-26-24-50-22-20-48-18-16-46-15-17-47-19-21-49-23-25-51-27-29-53-31-33-55-35-37-57-41-13-11-40(12-14-41)43-39(2)44/h11-14H,3-10,15-38H2,1-2H3,(H,43,44). The van der Waals surface area contributed by atoms with Crippen LogP contribution in [0, 0.1) is 0 Å². The van der Waals surface area contributed by atoms with Crippen molar-refractivity contribution in [3.05, 3.63) is 24.3 Å². The van der Waals surface area contributed by atoms with E-state index in [4.69, 9.17) is 61.6 Å². The summed E-state index contributed by atoms with van der Waals surface area (Å²) in [5.41, 5.74) is 0.729. The fourth-order valence-electron chi connectivity index (χ4n) is 4.87. The third kappa shape index (κ3) is 40.3. The number of carbonyl (C=O) groups excluding carboxylic acids is 2. The summed E-state index contributed by atoms with van der Waals surface area (Å²) in [5, 5.41) is 2.71. The van der Waals surface area contributed by atoms with E-state index in [2.05, 4.69) is 12.2 Å². The van der Waals surface area contributed by atoms with Gasteiger partial charge in [-0.1, -0.05) is 45.4 Å². The molecular weight excluding hydrogens is 758 g/mol. The molecule has 0 aliphatic rings. The zero-order chi connectivity index (χ0) is 41.7. The zero-order valence-corrected chi connectivity index (χ0v) is 35.6. The molecule has 0 atom stereocenters. The van der Waals surface area contributed by atoms with E-state index in [9.17, 15) is 9.59 Å². The molecule has 0 fully saturated rings. The lowest BCUT2D eigenvalue weighted by molar-refractivity contribution is -0.145. The molecule has 0 radical (unpaired) electrons. The molecule has 0 bridgehead atoms. The minimum Gasteiger partial charge on any atom is -0.491 e. The van der Waals surface area contributed by atoms with Gasteiger partial charge >= 0.3 is 5.97 Å². The molecule has 1 aromatic carbocycles. The molecule has 1 N–H and O–H groups in total. The molecule has 0 saturated heterocycles. The van der Waals surface area contributed by atoms with Crippen molar-refractivity contribution < 1.29 is 71.2 Å². The van der Waals surface area contributed by atoms with Crippen molar-refractivity contribution in [1.82, 2.24) is 0 Å². The highest BCUT2D eigenvalue weighted by Gasteiger charge is 2.03. The van der Waals surface area contributed by atoms with Crippen molar-refractivity contribution in [3.8, 4) is 5.75 Å². The van der Waals surface area contributed by atoms with Gasteiger partial charge in [-0.25, -0.2) is 0 Å². The van der Waals surface area contributed by atoms with Crippen molar-refractivity contribution in [2.45, 2.75) is 65.2 Å². The summed E-state index contributed by atoms with van der Waals surface area (Å²) in [5.74, 6) is 0.458. The third-order valence-corrected chi connectivity index (χ3v) is 7.87. The number of anilines is 1. The van der Waals surface area contributed by atoms with Crippen LogP contribution in [-0.4, -0.2) is 170 Å². The molecule has 0 aliphatic heterocycles. The maximum atomic E-state index is 11.7. The van der Waals surface area contributed by atoms with Crippen LogP contribution in [0.1, 0.15) is 65.2 Å². The molecule has 0 aromatic heterocycles. The summed E-state index contributed by atoms with van der Waals surface area (Å²) in [6.45, 7) is 14.9. The molecule has 1 amide bonds. The number of hydrogen-bond donors (Lipinski definition) is 1. The van der Waals surface area contributed by atoms with Gasteiger partial charge in [-0.05, 0) is 30.7 Å². The summed E-state index contributed by atoms with van der Waals surface area (Å²) >= 11 is 0. The highest BCUT2D eigenvalue weighted by atomic mass is 16.6. The quantitative estimate of drug-likeness (QED) is 0.0697. The summed E-state index contributed by atoms with van der Waals surface area (Å²) in [7, 11) is 0. The van der Waals surface area contributed by atoms with Crippen LogP contribution in [0.4, 0.5) is 5.69 Å². The first kappa shape index (κ1) is 53.5. The van der Waals surface area contributed by atoms with Gasteiger partial charge in [0.05, 0.1) is 145 Å². The van der Waals surface area contributed by atoms with Crippen molar-refractivity contribution in [1.29, 1.82) is 0 Å². The molecule has 16 heteroatoms. The van der Waals surface area contributed by atoms with Gasteiger partial charge in [0.15, 0.2) is 0 Å². The molecule has 338 valence electrons. The van der Waals surface area contributed by atoms with Crippen LogP contribution in [0.3, 0.4) is 0 Å².